The van der Waals surface area contributed by atoms with Crippen LogP contribution in [0.3, 0.4) is 0 Å². The number of hydrogen-bond acceptors (Lipinski definition) is 4. The van der Waals surface area contributed by atoms with Crippen molar-refractivity contribution in [3.8, 4) is 11.5 Å². The van der Waals surface area contributed by atoms with E-state index in [1.165, 1.54) is 10.9 Å². The fourth-order valence-electron chi connectivity index (χ4n) is 4.15. The minimum atomic E-state index is -0.358. The average molecular weight is 408 g/mol. The van der Waals surface area contributed by atoms with Crippen molar-refractivity contribution in [1.82, 2.24) is 9.88 Å². The molecule has 0 saturated carbocycles. The first-order chi connectivity index (χ1) is 14.4. The summed E-state index contributed by atoms with van der Waals surface area (Å²) in [4.78, 5) is 18.0. The molecule has 3 N–H and O–H groups in total. The Morgan fingerprint density at radius 2 is 1.87 bits per heavy atom. The number of H-pyrrole nitrogens is 1. The summed E-state index contributed by atoms with van der Waals surface area (Å²) in [6.07, 6.45) is 4.57. The monoisotopic (exact) mass is 407 g/mol. The van der Waals surface area contributed by atoms with Crippen LogP contribution in [-0.4, -0.2) is 42.1 Å². The molecule has 30 heavy (non-hydrogen) atoms. The summed E-state index contributed by atoms with van der Waals surface area (Å²) >= 11 is 0. The van der Waals surface area contributed by atoms with Gasteiger partial charge in [-0.3, -0.25) is 4.79 Å². The molecule has 0 radical (unpaired) electrons. The van der Waals surface area contributed by atoms with Gasteiger partial charge in [0.1, 0.15) is 0 Å². The summed E-state index contributed by atoms with van der Waals surface area (Å²) in [6, 6.07) is 12.0. The van der Waals surface area contributed by atoms with Gasteiger partial charge in [0, 0.05) is 41.3 Å². The Morgan fingerprint density at radius 1 is 1.13 bits per heavy atom. The predicted octanol–water partition coefficient (Wildman–Crippen LogP) is 3.88. The van der Waals surface area contributed by atoms with Crippen LogP contribution in [-0.2, 0) is 13.0 Å². The van der Waals surface area contributed by atoms with E-state index in [9.17, 15) is 4.79 Å². The molecule has 158 valence electrons. The van der Waals surface area contributed by atoms with Gasteiger partial charge in [-0.05, 0) is 55.5 Å². The quantitative estimate of drug-likeness (QED) is 0.594. The summed E-state index contributed by atoms with van der Waals surface area (Å²) < 4.78 is 10.7. The molecule has 4 rings (SSSR count). The van der Waals surface area contributed by atoms with Crippen molar-refractivity contribution < 1.29 is 14.3 Å². The Hall–Kier alpha value is -2.99. The number of methoxy groups -OCH3 is 2. The molecule has 1 unspecified atom stereocenters. The predicted molar refractivity (Wildman–Crippen MR) is 118 cm³/mol. The second-order valence-electron chi connectivity index (χ2n) is 8.35. The van der Waals surface area contributed by atoms with Crippen molar-refractivity contribution in [3.63, 3.8) is 0 Å². The highest BCUT2D eigenvalue weighted by Gasteiger charge is 2.31. The third-order valence-electron chi connectivity index (χ3n) is 6.08. The zero-order valence-electron chi connectivity index (χ0n) is 17.8. The molecule has 1 amide bonds. The maximum Gasteiger partial charge on any atom is 0.254 e. The number of rotatable bonds is 8. The average Bonchev–Trinajstić information content (AvgIpc) is 3.30. The number of carbonyl (C=O) groups excluding carboxylic acids is 1. The second kappa shape index (κ2) is 8.03. The number of nitrogens with one attached hydrogen (secondary N) is 1. The Morgan fingerprint density at radius 3 is 2.63 bits per heavy atom. The topological polar surface area (TPSA) is 80.6 Å². The van der Waals surface area contributed by atoms with E-state index in [-0.39, 0.29) is 11.4 Å². The molecule has 2 heterocycles. The van der Waals surface area contributed by atoms with Gasteiger partial charge in [0.2, 0.25) is 0 Å². The fourth-order valence-corrected chi connectivity index (χ4v) is 4.15. The number of aryl methyl sites for hydroxylation is 1. The Balaban J connectivity index is 1.38. The highest BCUT2D eigenvalue weighted by molar-refractivity contribution is 5.99. The van der Waals surface area contributed by atoms with Crippen LogP contribution in [0.4, 0.5) is 0 Å². The summed E-state index contributed by atoms with van der Waals surface area (Å²) in [5, 5.41) is 1.25. The number of aromatic nitrogens is 1. The van der Waals surface area contributed by atoms with E-state index >= 15 is 0 Å². The van der Waals surface area contributed by atoms with Crippen molar-refractivity contribution in [1.29, 1.82) is 0 Å². The Kier molecular flexibility index (Phi) is 5.43. The largest absolute Gasteiger partial charge is 0.493 e. The molecule has 0 bridgehead atoms. The second-order valence-corrected chi connectivity index (χ2v) is 8.35. The van der Waals surface area contributed by atoms with E-state index in [0.29, 0.717) is 30.2 Å². The molecule has 2 aromatic carbocycles. The number of benzene rings is 2. The number of para-hydroxylation sites is 1. The SMILES string of the molecule is COc1cc2c(cc1OC)C(=O)N(CCC(C)(N)CCc1c[nH]c3ccccc13)C2. The number of fused-ring (bicyclic) bond motifs is 2. The van der Waals surface area contributed by atoms with Crippen LogP contribution in [0.1, 0.15) is 41.3 Å². The molecule has 3 aromatic rings. The summed E-state index contributed by atoms with van der Waals surface area (Å²) in [7, 11) is 3.18. The number of ether oxygens (including phenoxy) is 2. The van der Waals surface area contributed by atoms with Gasteiger partial charge in [-0.1, -0.05) is 18.2 Å². The minimum absolute atomic E-state index is 0.0263. The van der Waals surface area contributed by atoms with Crippen LogP contribution in [0.15, 0.2) is 42.6 Å². The van der Waals surface area contributed by atoms with Gasteiger partial charge in [0.05, 0.1) is 14.2 Å². The molecular formula is C24H29N3O3. The van der Waals surface area contributed by atoms with Crippen LogP contribution in [0.2, 0.25) is 0 Å². The van der Waals surface area contributed by atoms with Gasteiger partial charge < -0.3 is 25.1 Å². The van der Waals surface area contributed by atoms with Crippen molar-refractivity contribution in [3.05, 3.63) is 59.3 Å². The molecule has 0 fully saturated rings. The number of nitrogens with zero attached hydrogens (tertiary/aromatic N) is 1. The lowest BCUT2D eigenvalue weighted by atomic mass is 9.91. The molecule has 0 saturated heterocycles. The first kappa shape index (κ1) is 20.3. The third kappa shape index (κ3) is 3.87. The van der Waals surface area contributed by atoms with Crippen molar-refractivity contribution in [2.45, 2.75) is 38.3 Å². The molecular weight excluding hydrogens is 378 g/mol. The zero-order valence-corrected chi connectivity index (χ0v) is 17.8. The maximum atomic E-state index is 12.9. The van der Waals surface area contributed by atoms with Gasteiger partial charge in [-0.2, -0.15) is 0 Å². The fraction of sp³-hybridized carbons (Fsp3) is 0.375. The minimum Gasteiger partial charge on any atom is -0.493 e. The van der Waals surface area contributed by atoms with Crippen LogP contribution >= 0.6 is 0 Å². The molecule has 6 heteroatoms. The molecule has 1 aromatic heterocycles. The van der Waals surface area contributed by atoms with E-state index < -0.39 is 0 Å². The molecule has 1 aliphatic rings. The van der Waals surface area contributed by atoms with E-state index in [2.05, 4.69) is 36.3 Å². The van der Waals surface area contributed by atoms with Crippen molar-refractivity contribution in [2.24, 2.45) is 5.73 Å². The molecule has 1 atom stereocenters. The van der Waals surface area contributed by atoms with Crippen LogP contribution in [0.5, 0.6) is 11.5 Å². The standard InChI is InChI=1S/C24H29N3O3/c1-24(25,9-8-16-14-26-20-7-5-4-6-18(16)20)10-11-27-15-17-12-21(29-2)22(30-3)13-19(17)23(27)28/h4-7,12-14,26H,8-11,15,25H2,1-3H3. The lowest BCUT2D eigenvalue weighted by molar-refractivity contribution is 0.0766. The Bertz CT molecular complexity index is 1070. The molecule has 6 nitrogen and oxygen atoms in total. The molecule has 0 aliphatic carbocycles. The van der Waals surface area contributed by atoms with Gasteiger partial charge in [-0.25, -0.2) is 0 Å². The highest BCUT2D eigenvalue weighted by Crippen LogP contribution is 2.35. The van der Waals surface area contributed by atoms with Crippen LogP contribution in [0.25, 0.3) is 10.9 Å². The van der Waals surface area contributed by atoms with Crippen LogP contribution < -0.4 is 15.2 Å². The Labute approximate surface area is 177 Å². The summed E-state index contributed by atoms with van der Waals surface area (Å²) in [6.45, 7) is 3.27. The summed E-state index contributed by atoms with van der Waals surface area (Å²) in [5.74, 6) is 1.25. The van der Waals surface area contributed by atoms with E-state index in [1.807, 2.05) is 17.0 Å². The first-order valence-corrected chi connectivity index (χ1v) is 10.3. The smallest absolute Gasteiger partial charge is 0.254 e. The summed E-state index contributed by atoms with van der Waals surface area (Å²) in [5.41, 5.74) is 10.3. The normalized spacial score (nSPS) is 15.3. The molecule has 1 aliphatic heterocycles. The van der Waals surface area contributed by atoms with Gasteiger partial charge in [0.15, 0.2) is 11.5 Å². The molecule has 0 spiro atoms. The number of hydrogen-bond donors (Lipinski definition) is 2. The van der Waals surface area contributed by atoms with E-state index in [0.717, 1.165) is 30.3 Å². The zero-order chi connectivity index (χ0) is 21.3. The number of nitrogens with two attached hydrogens (primary N) is 1. The van der Waals surface area contributed by atoms with Gasteiger partial charge in [0.25, 0.3) is 5.91 Å². The van der Waals surface area contributed by atoms with Crippen molar-refractivity contribution >= 4 is 16.8 Å². The van der Waals surface area contributed by atoms with Crippen LogP contribution in [0, 0.1) is 0 Å². The maximum absolute atomic E-state index is 12.9. The lowest BCUT2D eigenvalue weighted by Crippen LogP contribution is -2.40. The highest BCUT2D eigenvalue weighted by atomic mass is 16.5. The van der Waals surface area contributed by atoms with Gasteiger partial charge in [-0.15, -0.1) is 0 Å². The first-order valence-electron chi connectivity index (χ1n) is 10.3. The number of carbonyl (C=O) groups is 1. The third-order valence-corrected chi connectivity index (χ3v) is 6.08. The van der Waals surface area contributed by atoms with Crippen molar-refractivity contribution in [2.75, 3.05) is 20.8 Å². The van der Waals surface area contributed by atoms with E-state index in [4.69, 9.17) is 15.2 Å². The number of amides is 1. The number of aromatic amines is 1. The lowest BCUT2D eigenvalue weighted by Gasteiger charge is -2.27. The van der Waals surface area contributed by atoms with E-state index in [1.54, 1.807) is 20.3 Å². The van der Waals surface area contributed by atoms with Gasteiger partial charge >= 0.3 is 0 Å².